The van der Waals surface area contributed by atoms with Crippen LogP contribution in [0.2, 0.25) is 0 Å². The van der Waals surface area contributed by atoms with Crippen molar-refractivity contribution in [2.45, 2.75) is 32.7 Å². The zero-order chi connectivity index (χ0) is 17.6. The van der Waals surface area contributed by atoms with Gasteiger partial charge < -0.3 is 18.6 Å². The average Bonchev–Trinajstić information content (AvgIpc) is 3.32. The van der Waals surface area contributed by atoms with E-state index in [9.17, 15) is 4.79 Å². The Labute approximate surface area is 145 Å². The van der Waals surface area contributed by atoms with Gasteiger partial charge in [-0.1, -0.05) is 5.16 Å². The van der Waals surface area contributed by atoms with Crippen LogP contribution in [0.15, 0.2) is 33.2 Å². The van der Waals surface area contributed by atoms with E-state index in [-0.39, 0.29) is 11.9 Å². The van der Waals surface area contributed by atoms with Gasteiger partial charge in [-0.3, -0.25) is 4.79 Å². The molecule has 3 aromatic rings. The van der Waals surface area contributed by atoms with Crippen molar-refractivity contribution in [2.24, 2.45) is 0 Å². The first-order valence-electron chi connectivity index (χ1n) is 8.40. The van der Waals surface area contributed by atoms with Gasteiger partial charge in [0.05, 0.1) is 18.8 Å². The second kappa shape index (κ2) is 5.95. The molecule has 1 aliphatic heterocycles. The normalized spacial score (nSPS) is 17.4. The Morgan fingerprint density at radius 2 is 2.16 bits per heavy atom. The van der Waals surface area contributed by atoms with Crippen LogP contribution >= 0.6 is 0 Å². The maximum Gasteiger partial charge on any atom is 0.290 e. The Balaban J connectivity index is 1.70. The molecule has 1 saturated heterocycles. The number of carbonyl (C=O) groups is 1. The lowest BCUT2D eigenvalue weighted by Crippen LogP contribution is -2.30. The van der Waals surface area contributed by atoms with Crippen LogP contribution in [0.5, 0.6) is 5.75 Å². The number of hydrogen-bond acceptors (Lipinski definition) is 5. The van der Waals surface area contributed by atoms with Crippen molar-refractivity contribution in [1.29, 1.82) is 0 Å². The van der Waals surface area contributed by atoms with Gasteiger partial charge in [-0.15, -0.1) is 0 Å². The van der Waals surface area contributed by atoms with Crippen molar-refractivity contribution in [2.75, 3.05) is 13.7 Å². The zero-order valence-corrected chi connectivity index (χ0v) is 14.5. The molecule has 4 rings (SSSR count). The number of carbonyl (C=O) groups excluding carboxylic acids is 1. The van der Waals surface area contributed by atoms with Crippen LogP contribution in [0, 0.1) is 13.8 Å². The van der Waals surface area contributed by atoms with Gasteiger partial charge in [0, 0.05) is 29.6 Å². The van der Waals surface area contributed by atoms with Gasteiger partial charge in [0.1, 0.15) is 11.3 Å². The summed E-state index contributed by atoms with van der Waals surface area (Å²) in [6, 6.07) is 7.41. The third kappa shape index (κ3) is 2.58. The third-order valence-corrected chi connectivity index (χ3v) is 4.83. The summed E-state index contributed by atoms with van der Waals surface area (Å²) in [4.78, 5) is 14.9. The molecule has 2 aromatic heterocycles. The fraction of sp³-hybridized carbons (Fsp3) is 0.368. The summed E-state index contributed by atoms with van der Waals surface area (Å²) in [5, 5.41) is 4.88. The maximum atomic E-state index is 13.1. The van der Waals surface area contributed by atoms with Crippen molar-refractivity contribution in [1.82, 2.24) is 10.1 Å². The average molecular weight is 340 g/mol. The Bertz CT molecular complexity index is 940. The molecule has 0 unspecified atom stereocenters. The molecule has 0 bridgehead atoms. The summed E-state index contributed by atoms with van der Waals surface area (Å²) in [5.74, 6) is 1.71. The predicted octanol–water partition coefficient (Wildman–Crippen LogP) is 4.02. The fourth-order valence-electron chi connectivity index (χ4n) is 3.51. The molecule has 25 heavy (non-hydrogen) atoms. The Morgan fingerprint density at radius 3 is 2.88 bits per heavy atom. The minimum absolute atomic E-state index is 0.0872. The standard InChI is InChI=1S/C19H20N2O4/c1-11-9-17(25-20-11)15-5-4-8-21(15)19(22)18-12(2)14-7-6-13(23-3)10-16(14)24-18/h6-7,9-10,15H,4-5,8H2,1-3H3/t15-/m0/s1. The molecule has 1 fully saturated rings. The van der Waals surface area contributed by atoms with E-state index in [1.54, 1.807) is 13.2 Å². The largest absolute Gasteiger partial charge is 0.497 e. The van der Waals surface area contributed by atoms with E-state index < -0.39 is 0 Å². The number of benzene rings is 1. The molecular formula is C19H20N2O4. The molecule has 1 atom stereocenters. The van der Waals surface area contributed by atoms with Crippen LogP contribution in [0.25, 0.3) is 11.0 Å². The lowest BCUT2D eigenvalue weighted by molar-refractivity contribution is 0.0683. The summed E-state index contributed by atoms with van der Waals surface area (Å²) in [5.41, 5.74) is 2.33. The summed E-state index contributed by atoms with van der Waals surface area (Å²) < 4.78 is 16.5. The van der Waals surface area contributed by atoms with Crippen LogP contribution < -0.4 is 4.74 Å². The molecule has 1 aromatic carbocycles. The van der Waals surface area contributed by atoms with Gasteiger partial charge in [-0.05, 0) is 38.8 Å². The molecule has 3 heterocycles. The van der Waals surface area contributed by atoms with E-state index in [0.29, 0.717) is 23.6 Å². The van der Waals surface area contributed by atoms with Gasteiger partial charge in [-0.2, -0.15) is 0 Å². The first-order chi connectivity index (χ1) is 12.1. The monoisotopic (exact) mass is 340 g/mol. The number of furan rings is 1. The van der Waals surface area contributed by atoms with Gasteiger partial charge >= 0.3 is 0 Å². The molecule has 0 saturated carbocycles. The molecule has 0 radical (unpaired) electrons. The van der Waals surface area contributed by atoms with E-state index in [1.807, 2.05) is 36.9 Å². The Morgan fingerprint density at radius 1 is 1.32 bits per heavy atom. The third-order valence-electron chi connectivity index (χ3n) is 4.83. The predicted molar refractivity (Wildman–Crippen MR) is 91.8 cm³/mol. The molecule has 0 aliphatic carbocycles. The topological polar surface area (TPSA) is 68.7 Å². The number of rotatable bonds is 3. The molecule has 0 N–H and O–H groups in total. The smallest absolute Gasteiger partial charge is 0.290 e. The number of aromatic nitrogens is 1. The summed E-state index contributed by atoms with van der Waals surface area (Å²) in [6.45, 7) is 4.48. The van der Waals surface area contributed by atoms with Crippen molar-refractivity contribution >= 4 is 16.9 Å². The van der Waals surface area contributed by atoms with Crippen LogP contribution in [-0.2, 0) is 0 Å². The number of methoxy groups -OCH3 is 1. The number of aryl methyl sites for hydroxylation is 2. The summed E-state index contributed by atoms with van der Waals surface area (Å²) >= 11 is 0. The van der Waals surface area contributed by atoms with Crippen LogP contribution in [0.4, 0.5) is 0 Å². The summed E-state index contributed by atoms with van der Waals surface area (Å²) in [6.07, 6.45) is 1.80. The second-order valence-corrected chi connectivity index (χ2v) is 6.45. The second-order valence-electron chi connectivity index (χ2n) is 6.45. The minimum atomic E-state index is -0.107. The Kier molecular flexibility index (Phi) is 3.75. The lowest BCUT2D eigenvalue weighted by atomic mass is 10.1. The van der Waals surface area contributed by atoms with Gasteiger partial charge in [-0.25, -0.2) is 0 Å². The van der Waals surface area contributed by atoms with Gasteiger partial charge in [0.15, 0.2) is 11.5 Å². The van der Waals surface area contributed by atoms with E-state index in [0.717, 1.165) is 35.2 Å². The van der Waals surface area contributed by atoms with Crippen LogP contribution in [0.1, 0.15) is 46.5 Å². The van der Waals surface area contributed by atoms with Crippen molar-refractivity contribution in [3.05, 3.63) is 47.0 Å². The van der Waals surface area contributed by atoms with Crippen molar-refractivity contribution < 1.29 is 18.5 Å². The van der Waals surface area contributed by atoms with E-state index >= 15 is 0 Å². The number of fused-ring (bicyclic) bond motifs is 1. The highest BCUT2D eigenvalue weighted by Crippen LogP contribution is 2.36. The van der Waals surface area contributed by atoms with Crippen LogP contribution in [0.3, 0.4) is 0 Å². The van der Waals surface area contributed by atoms with E-state index in [4.69, 9.17) is 13.7 Å². The van der Waals surface area contributed by atoms with Crippen LogP contribution in [-0.4, -0.2) is 29.6 Å². The molecule has 1 amide bonds. The summed E-state index contributed by atoms with van der Waals surface area (Å²) in [7, 11) is 1.61. The number of hydrogen-bond donors (Lipinski definition) is 0. The van der Waals surface area contributed by atoms with Gasteiger partial charge in [0.25, 0.3) is 5.91 Å². The number of ether oxygens (including phenoxy) is 1. The van der Waals surface area contributed by atoms with Crippen molar-refractivity contribution in [3.63, 3.8) is 0 Å². The van der Waals surface area contributed by atoms with Gasteiger partial charge in [0.2, 0.25) is 0 Å². The quantitative estimate of drug-likeness (QED) is 0.720. The highest BCUT2D eigenvalue weighted by molar-refractivity contribution is 5.99. The molecule has 1 aliphatic rings. The van der Waals surface area contributed by atoms with Crippen molar-refractivity contribution in [3.8, 4) is 5.75 Å². The first-order valence-corrected chi connectivity index (χ1v) is 8.40. The fourth-order valence-corrected chi connectivity index (χ4v) is 3.51. The number of likely N-dealkylation sites (tertiary alicyclic amines) is 1. The van der Waals surface area contributed by atoms with E-state index in [2.05, 4.69) is 5.16 Å². The lowest BCUT2D eigenvalue weighted by Gasteiger charge is -2.21. The number of amides is 1. The Hall–Kier alpha value is -2.76. The molecular weight excluding hydrogens is 320 g/mol. The zero-order valence-electron chi connectivity index (χ0n) is 14.5. The molecule has 0 spiro atoms. The highest BCUT2D eigenvalue weighted by atomic mass is 16.5. The maximum absolute atomic E-state index is 13.1. The highest BCUT2D eigenvalue weighted by Gasteiger charge is 2.35. The SMILES string of the molecule is COc1ccc2c(C)c(C(=O)N3CCC[C@H]3c3cc(C)no3)oc2c1. The molecule has 6 heteroatoms. The van der Waals surface area contributed by atoms with E-state index in [1.165, 1.54) is 0 Å². The minimum Gasteiger partial charge on any atom is -0.497 e. The number of nitrogens with zero attached hydrogens (tertiary/aromatic N) is 2. The molecule has 130 valence electrons. The molecule has 6 nitrogen and oxygen atoms in total. The first kappa shape index (κ1) is 15.7.